The molecule has 3 N–H and O–H groups in total. The van der Waals surface area contributed by atoms with Gasteiger partial charge in [0.05, 0.1) is 12.0 Å². The fourth-order valence-corrected chi connectivity index (χ4v) is 1.19. The van der Waals surface area contributed by atoms with Crippen LogP contribution in [-0.2, 0) is 9.59 Å². The molecule has 1 aliphatic heterocycles. The van der Waals surface area contributed by atoms with Gasteiger partial charge in [-0.25, -0.2) is 0 Å². The van der Waals surface area contributed by atoms with Gasteiger partial charge >= 0.3 is 0 Å². The Morgan fingerprint density at radius 2 is 2.23 bits per heavy atom. The second-order valence-electron chi connectivity index (χ2n) is 2.92. The quantitative estimate of drug-likeness (QED) is 0.470. The van der Waals surface area contributed by atoms with E-state index in [1.165, 1.54) is 0 Å². The van der Waals surface area contributed by atoms with Gasteiger partial charge in [0.2, 0.25) is 5.91 Å². The van der Waals surface area contributed by atoms with Gasteiger partial charge in [-0.15, -0.1) is 0 Å². The molecule has 5 heteroatoms. The molecular weight excluding hydrogens is 174 g/mol. The molecule has 1 atom stereocenters. The van der Waals surface area contributed by atoms with Crippen LogP contribution >= 0.6 is 0 Å². The van der Waals surface area contributed by atoms with Crippen LogP contribution in [-0.4, -0.2) is 42.7 Å². The number of aliphatic hydroxyl groups is 2. The van der Waals surface area contributed by atoms with E-state index in [9.17, 15) is 9.59 Å². The predicted molar refractivity (Wildman–Crippen MR) is 46.0 cm³/mol. The molecule has 1 amide bonds. The van der Waals surface area contributed by atoms with E-state index in [-0.39, 0.29) is 18.9 Å². The molecule has 0 aromatic heterocycles. The maximum atomic E-state index is 10.8. The van der Waals surface area contributed by atoms with Crippen molar-refractivity contribution in [2.75, 3.05) is 20.3 Å². The molecule has 1 fully saturated rings. The molecule has 1 aliphatic rings. The Morgan fingerprint density at radius 3 is 2.54 bits per heavy atom. The van der Waals surface area contributed by atoms with Gasteiger partial charge in [-0.05, 0) is 6.42 Å². The second kappa shape index (κ2) is 5.66. The topological polar surface area (TPSA) is 86.6 Å². The van der Waals surface area contributed by atoms with E-state index in [2.05, 4.69) is 5.32 Å². The van der Waals surface area contributed by atoms with Crippen LogP contribution in [0.15, 0.2) is 0 Å². The van der Waals surface area contributed by atoms with Gasteiger partial charge in [-0.1, -0.05) is 0 Å². The van der Waals surface area contributed by atoms with Crippen molar-refractivity contribution in [3.05, 3.63) is 0 Å². The van der Waals surface area contributed by atoms with Crippen LogP contribution in [0.25, 0.3) is 0 Å². The summed E-state index contributed by atoms with van der Waals surface area (Å²) in [6, 6.07) is 0. The van der Waals surface area contributed by atoms with Crippen LogP contribution in [0, 0.1) is 5.41 Å². The van der Waals surface area contributed by atoms with E-state index in [1.807, 2.05) is 0 Å². The summed E-state index contributed by atoms with van der Waals surface area (Å²) in [4.78, 5) is 21.3. The SMILES string of the molecule is CO.O=CC1(CO)CCNC(=O)C1. The molecule has 0 radical (unpaired) electrons. The van der Waals surface area contributed by atoms with E-state index >= 15 is 0 Å². The number of aldehydes is 1. The average molecular weight is 189 g/mol. The molecule has 13 heavy (non-hydrogen) atoms. The molecular formula is C8H15NO4. The monoisotopic (exact) mass is 189 g/mol. The van der Waals surface area contributed by atoms with Gasteiger partial charge in [0.15, 0.2) is 0 Å². The van der Waals surface area contributed by atoms with Crippen molar-refractivity contribution in [3.63, 3.8) is 0 Å². The molecule has 0 bridgehead atoms. The average Bonchev–Trinajstić information content (AvgIpc) is 2.21. The van der Waals surface area contributed by atoms with Crippen molar-refractivity contribution >= 4 is 12.2 Å². The third kappa shape index (κ3) is 3.12. The number of hydrogen-bond acceptors (Lipinski definition) is 4. The second-order valence-corrected chi connectivity index (χ2v) is 2.92. The molecule has 1 rings (SSSR count). The zero-order chi connectivity index (χ0) is 10.3. The number of nitrogens with one attached hydrogen (secondary N) is 1. The lowest BCUT2D eigenvalue weighted by molar-refractivity contribution is -0.133. The van der Waals surface area contributed by atoms with Crippen molar-refractivity contribution in [2.45, 2.75) is 12.8 Å². The standard InChI is InChI=1S/C7H11NO3.CH4O/c9-4-7(5-10)1-2-8-6(11)3-7;1-2/h4,10H,1-3,5H2,(H,8,11);2H,1H3. The van der Waals surface area contributed by atoms with Gasteiger partial charge in [0.1, 0.15) is 6.29 Å². The summed E-state index contributed by atoms with van der Waals surface area (Å²) in [7, 11) is 1.00. The summed E-state index contributed by atoms with van der Waals surface area (Å²) < 4.78 is 0. The Bertz CT molecular complexity index is 183. The largest absolute Gasteiger partial charge is 0.400 e. The molecule has 0 saturated carbocycles. The number of hydrogen-bond donors (Lipinski definition) is 3. The molecule has 1 unspecified atom stereocenters. The summed E-state index contributed by atoms with van der Waals surface area (Å²) in [5, 5.41) is 18.4. The normalized spacial score (nSPS) is 26.8. The Hall–Kier alpha value is -0.940. The Morgan fingerprint density at radius 1 is 1.62 bits per heavy atom. The molecule has 1 saturated heterocycles. The summed E-state index contributed by atoms with van der Waals surface area (Å²) >= 11 is 0. The van der Waals surface area contributed by atoms with Gasteiger partial charge in [-0.3, -0.25) is 4.79 Å². The van der Waals surface area contributed by atoms with E-state index in [1.54, 1.807) is 0 Å². The summed E-state index contributed by atoms with van der Waals surface area (Å²) in [5.41, 5.74) is -0.803. The predicted octanol–water partition coefficient (Wildman–Crippen LogP) is -1.32. The van der Waals surface area contributed by atoms with Crippen LogP contribution in [0.5, 0.6) is 0 Å². The number of carbonyl (C=O) groups excluding carboxylic acids is 2. The van der Waals surface area contributed by atoms with Crippen molar-refractivity contribution in [2.24, 2.45) is 5.41 Å². The first-order chi connectivity index (χ1) is 6.22. The maximum Gasteiger partial charge on any atom is 0.221 e. The minimum absolute atomic E-state index is 0.118. The van der Waals surface area contributed by atoms with Gasteiger partial charge < -0.3 is 20.3 Å². The highest BCUT2D eigenvalue weighted by Gasteiger charge is 2.34. The van der Waals surface area contributed by atoms with E-state index < -0.39 is 5.41 Å². The molecule has 0 spiro atoms. The maximum absolute atomic E-state index is 10.8. The van der Waals surface area contributed by atoms with Gasteiger partial charge in [0, 0.05) is 20.1 Å². The van der Waals surface area contributed by atoms with Gasteiger partial charge in [0.25, 0.3) is 0 Å². The summed E-state index contributed by atoms with van der Waals surface area (Å²) in [6.07, 6.45) is 1.34. The van der Waals surface area contributed by atoms with Crippen LogP contribution in [0.4, 0.5) is 0 Å². The van der Waals surface area contributed by atoms with Crippen molar-refractivity contribution < 1.29 is 19.8 Å². The number of amides is 1. The van der Waals surface area contributed by atoms with Gasteiger partial charge in [-0.2, -0.15) is 0 Å². The zero-order valence-corrected chi connectivity index (χ0v) is 7.62. The van der Waals surface area contributed by atoms with Crippen molar-refractivity contribution in [1.82, 2.24) is 5.32 Å². The van der Waals surface area contributed by atoms with E-state index in [0.29, 0.717) is 19.3 Å². The molecule has 5 nitrogen and oxygen atoms in total. The van der Waals surface area contributed by atoms with Crippen LogP contribution in [0.2, 0.25) is 0 Å². The highest BCUT2D eigenvalue weighted by molar-refractivity contribution is 5.82. The first-order valence-electron chi connectivity index (χ1n) is 4.01. The molecule has 1 heterocycles. The summed E-state index contributed by atoms with van der Waals surface area (Å²) in [6.45, 7) is 0.252. The van der Waals surface area contributed by atoms with Crippen LogP contribution in [0.1, 0.15) is 12.8 Å². The Kier molecular flexibility index (Phi) is 5.25. The number of aliphatic hydroxyl groups excluding tert-OH is 2. The summed E-state index contributed by atoms with van der Waals surface area (Å²) in [5.74, 6) is -0.155. The lowest BCUT2D eigenvalue weighted by Crippen LogP contribution is -2.43. The Labute approximate surface area is 76.8 Å². The lowest BCUT2D eigenvalue weighted by Gasteiger charge is -2.29. The number of rotatable bonds is 2. The smallest absolute Gasteiger partial charge is 0.221 e. The highest BCUT2D eigenvalue weighted by Crippen LogP contribution is 2.25. The number of carbonyl (C=O) groups is 2. The zero-order valence-electron chi connectivity index (χ0n) is 7.62. The van der Waals surface area contributed by atoms with E-state index in [4.69, 9.17) is 10.2 Å². The first kappa shape index (κ1) is 12.1. The molecule has 0 aromatic rings. The number of piperidine rings is 1. The van der Waals surface area contributed by atoms with Crippen molar-refractivity contribution in [3.8, 4) is 0 Å². The molecule has 0 aliphatic carbocycles. The first-order valence-corrected chi connectivity index (χ1v) is 4.01. The molecule has 76 valence electrons. The Balaban J connectivity index is 0.000000671. The van der Waals surface area contributed by atoms with E-state index in [0.717, 1.165) is 7.11 Å². The van der Waals surface area contributed by atoms with Crippen LogP contribution < -0.4 is 5.32 Å². The minimum Gasteiger partial charge on any atom is -0.400 e. The highest BCUT2D eigenvalue weighted by atomic mass is 16.3. The fourth-order valence-electron chi connectivity index (χ4n) is 1.19. The third-order valence-corrected chi connectivity index (χ3v) is 2.02. The molecule has 0 aromatic carbocycles. The van der Waals surface area contributed by atoms with Crippen molar-refractivity contribution in [1.29, 1.82) is 0 Å². The minimum atomic E-state index is -0.803. The lowest BCUT2D eigenvalue weighted by atomic mass is 9.81. The fraction of sp³-hybridized carbons (Fsp3) is 0.750. The van der Waals surface area contributed by atoms with Crippen LogP contribution in [0.3, 0.4) is 0 Å². The third-order valence-electron chi connectivity index (χ3n) is 2.02.